The molecular weight excluding hydrogens is 260 g/mol. The van der Waals surface area contributed by atoms with E-state index in [1.165, 1.54) is 0 Å². The monoisotopic (exact) mass is 273 g/mol. The van der Waals surface area contributed by atoms with Gasteiger partial charge in [-0.25, -0.2) is 4.98 Å². The lowest BCUT2D eigenvalue weighted by molar-refractivity contribution is 0.991. The zero-order chi connectivity index (χ0) is 13.0. The number of benzene rings is 1. The fourth-order valence-electron chi connectivity index (χ4n) is 1.62. The highest BCUT2D eigenvalue weighted by Gasteiger charge is 2.06. The smallest absolute Gasteiger partial charge is 0.131 e. The summed E-state index contributed by atoms with van der Waals surface area (Å²) in [5, 5.41) is 0. The molecule has 0 radical (unpaired) electrons. The van der Waals surface area contributed by atoms with Gasteiger partial charge in [-0.1, -0.05) is 40.7 Å². The first kappa shape index (κ1) is 12.9. The van der Waals surface area contributed by atoms with Crippen molar-refractivity contribution in [2.75, 3.05) is 4.90 Å². The minimum Gasteiger partial charge on any atom is -0.411 e. The first-order valence-corrected chi connectivity index (χ1v) is 6.43. The maximum absolute atomic E-state index is 5.13. The summed E-state index contributed by atoms with van der Waals surface area (Å²) in [4.78, 5) is 6.23. The van der Waals surface area contributed by atoms with E-state index in [2.05, 4.69) is 17.1 Å². The standard InChI is InChI=1S/C14H14N2S2/c1-11-7-8-13(15-9-11)16(14(17)18)10-12-5-3-2-4-6-12/h2-9H,10H2,1H3,(H,17,18)/p-1. The number of pyridine rings is 1. The number of aromatic nitrogens is 1. The number of anilines is 1. The topological polar surface area (TPSA) is 16.1 Å². The molecule has 0 unspecified atom stereocenters. The number of hydrogen-bond acceptors (Lipinski definition) is 3. The van der Waals surface area contributed by atoms with Crippen LogP contribution in [-0.4, -0.2) is 9.30 Å². The van der Waals surface area contributed by atoms with Crippen LogP contribution in [0.25, 0.3) is 0 Å². The summed E-state index contributed by atoms with van der Waals surface area (Å²) in [6.07, 6.45) is 1.82. The summed E-state index contributed by atoms with van der Waals surface area (Å²) in [5.74, 6) is 0.796. The Morgan fingerprint density at radius 2 is 1.94 bits per heavy atom. The lowest BCUT2D eigenvalue weighted by Gasteiger charge is -2.27. The summed E-state index contributed by atoms with van der Waals surface area (Å²) >= 11 is 10.3. The van der Waals surface area contributed by atoms with Crippen LogP contribution in [-0.2, 0) is 19.2 Å². The van der Waals surface area contributed by atoms with Gasteiger partial charge in [-0.3, -0.25) is 0 Å². The van der Waals surface area contributed by atoms with Crippen molar-refractivity contribution >= 4 is 35.0 Å². The van der Waals surface area contributed by atoms with Crippen LogP contribution in [0.2, 0.25) is 0 Å². The molecule has 0 aliphatic heterocycles. The zero-order valence-electron chi connectivity index (χ0n) is 10.0. The minimum atomic E-state index is 0.412. The van der Waals surface area contributed by atoms with Crippen molar-refractivity contribution in [3.63, 3.8) is 0 Å². The second kappa shape index (κ2) is 5.89. The second-order valence-electron chi connectivity index (χ2n) is 4.03. The zero-order valence-corrected chi connectivity index (χ0v) is 11.7. The fourth-order valence-corrected chi connectivity index (χ4v) is 1.94. The summed E-state index contributed by atoms with van der Waals surface area (Å²) < 4.78 is 0.412. The van der Waals surface area contributed by atoms with Crippen molar-refractivity contribution in [3.8, 4) is 0 Å². The highest BCUT2D eigenvalue weighted by atomic mass is 32.1. The molecule has 0 aliphatic carbocycles. The molecular formula is C14H13N2S2-. The van der Waals surface area contributed by atoms with Gasteiger partial charge in [0.15, 0.2) is 0 Å². The van der Waals surface area contributed by atoms with Gasteiger partial charge in [-0.15, -0.1) is 0 Å². The fraction of sp³-hybridized carbons (Fsp3) is 0.143. The van der Waals surface area contributed by atoms with Gasteiger partial charge in [0, 0.05) is 12.7 Å². The number of thiocarbonyl (C=S) groups is 1. The number of aryl methyl sites for hydroxylation is 1. The summed E-state index contributed by atoms with van der Waals surface area (Å²) in [5.41, 5.74) is 2.28. The quantitative estimate of drug-likeness (QED) is 0.630. The molecule has 18 heavy (non-hydrogen) atoms. The third-order valence-electron chi connectivity index (χ3n) is 2.58. The Balaban J connectivity index is 2.24. The molecule has 2 aromatic rings. The third-order valence-corrected chi connectivity index (χ3v) is 3.02. The lowest BCUT2D eigenvalue weighted by atomic mass is 10.2. The van der Waals surface area contributed by atoms with Crippen LogP contribution >= 0.6 is 12.2 Å². The van der Waals surface area contributed by atoms with Crippen LogP contribution in [0.15, 0.2) is 48.7 Å². The van der Waals surface area contributed by atoms with Gasteiger partial charge in [0.25, 0.3) is 0 Å². The van der Waals surface area contributed by atoms with Gasteiger partial charge >= 0.3 is 0 Å². The molecule has 0 aliphatic rings. The third kappa shape index (κ3) is 3.24. The molecule has 1 aromatic carbocycles. The van der Waals surface area contributed by atoms with Crippen LogP contribution < -0.4 is 4.90 Å². The number of nitrogens with zero attached hydrogens (tertiary/aromatic N) is 2. The molecule has 1 aromatic heterocycles. The van der Waals surface area contributed by atoms with Gasteiger partial charge in [0.1, 0.15) is 5.82 Å². The van der Waals surface area contributed by atoms with E-state index in [-0.39, 0.29) is 0 Å². The molecule has 0 amide bonds. The first-order chi connectivity index (χ1) is 8.66. The molecule has 0 saturated carbocycles. The predicted octanol–water partition coefficient (Wildman–Crippen LogP) is 3.23. The van der Waals surface area contributed by atoms with Gasteiger partial charge in [0.05, 0.1) is 0 Å². The van der Waals surface area contributed by atoms with Crippen molar-refractivity contribution in [1.29, 1.82) is 0 Å². The van der Waals surface area contributed by atoms with E-state index in [4.69, 9.17) is 24.8 Å². The second-order valence-corrected chi connectivity index (χ2v) is 5.06. The number of hydrogen-bond donors (Lipinski definition) is 0. The first-order valence-electron chi connectivity index (χ1n) is 5.62. The highest BCUT2D eigenvalue weighted by Crippen LogP contribution is 2.15. The Morgan fingerprint density at radius 1 is 1.22 bits per heavy atom. The average Bonchev–Trinajstić information content (AvgIpc) is 2.38. The molecule has 0 N–H and O–H groups in total. The van der Waals surface area contributed by atoms with Crippen molar-refractivity contribution in [2.24, 2.45) is 0 Å². The molecule has 0 spiro atoms. The van der Waals surface area contributed by atoms with Gasteiger partial charge in [-0.05, 0) is 24.1 Å². The van der Waals surface area contributed by atoms with Crippen LogP contribution in [0, 0.1) is 6.92 Å². The molecule has 0 bridgehead atoms. The minimum absolute atomic E-state index is 0.412. The van der Waals surface area contributed by atoms with E-state index in [1.807, 2.05) is 48.4 Å². The van der Waals surface area contributed by atoms with Gasteiger partial charge in [-0.2, -0.15) is 0 Å². The van der Waals surface area contributed by atoms with E-state index in [1.54, 1.807) is 0 Å². The Hall–Kier alpha value is -1.52. The van der Waals surface area contributed by atoms with Crippen LogP contribution in [0.4, 0.5) is 5.82 Å². The Bertz CT molecular complexity index is 523. The normalized spacial score (nSPS) is 10.1. The van der Waals surface area contributed by atoms with Crippen molar-refractivity contribution < 1.29 is 0 Å². The average molecular weight is 273 g/mol. The maximum atomic E-state index is 5.13. The predicted molar refractivity (Wildman–Crippen MR) is 81.6 cm³/mol. The molecule has 0 atom stereocenters. The largest absolute Gasteiger partial charge is 0.411 e. The Kier molecular flexibility index (Phi) is 4.23. The molecule has 92 valence electrons. The number of rotatable bonds is 3. The van der Waals surface area contributed by atoms with Gasteiger partial charge < -0.3 is 29.7 Å². The Morgan fingerprint density at radius 3 is 2.50 bits per heavy atom. The molecule has 1 heterocycles. The SMILES string of the molecule is Cc1ccc(N(Cc2ccccc2)C(=S)[S-])nc1. The van der Waals surface area contributed by atoms with E-state index < -0.39 is 0 Å². The van der Waals surface area contributed by atoms with Crippen molar-refractivity contribution in [3.05, 3.63) is 59.8 Å². The van der Waals surface area contributed by atoms with Crippen LogP contribution in [0.5, 0.6) is 0 Å². The summed E-state index contributed by atoms with van der Waals surface area (Å²) in [6.45, 7) is 2.66. The van der Waals surface area contributed by atoms with Crippen LogP contribution in [0.1, 0.15) is 11.1 Å². The van der Waals surface area contributed by atoms with Crippen molar-refractivity contribution in [2.45, 2.75) is 13.5 Å². The van der Waals surface area contributed by atoms with E-state index in [9.17, 15) is 0 Å². The molecule has 2 rings (SSSR count). The van der Waals surface area contributed by atoms with E-state index in [0.717, 1.165) is 16.9 Å². The summed E-state index contributed by atoms with van der Waals surface area (Å²) in [6, 6.07) is 14.0. The maximum Gasteiger partial charge on any atom is 0.131 e. The molecule has 4 heteroatoms. The molecule has 0 fully saturated rings. The van der Waals surface area contributed by atoms with E-state index >= 15 is 0 Å². The Labute approximate surface area is 118 Å². The molecule has 0 saturated heterocycles. The van der Waals surface area contributed by atoms with E-state index in [0.29, 0.717) is 10.9 Å². The highest BCUT2D eigenvalue weighted by molar-refractivity contribution is 8.00. The van der Waals surface area contributed by atoms with Gasteiger partial charge in [0.2, 0.25) is 0 Å². The summed E-state index contributed by atoms with van der Waals surface area (Å²) in [7, 11) is 0. The molecule has 2 nitrogen and oxygen atoms in total. The lowest BCUT2D eigenvalue weighted by Crippen LogP contribution is -2.27. The van der Waals surface area contributed by atoms with Crippen molar-refractivity contribution in [1.82, 2.24) is 4.98 Å². The van der Waals surface area contributed by atoms with Crippen LogP contribution in [0.3, 0.4) is 0 Å².